The summed E-state index contributed by atoms with van der Waals surface area (Å²) in [6.45, 7) is 1.69. The van der Waals surface area contributed by atoms with Gasteiger partial charge in [0.25, 0.3) is 0 Å². The van der Waals surface area contributed by atoms with Crippen LogP contribution in [-0.4, -0.2) is 42.2 Å². The molecule has 3 aromatic rings. The lowest BCUT2D eigenvalue weighted by molar-refractivity contribution is 0.0601. The standard InChI is InChI=1S/C21H22N4O2/c1-27-21(26)15-7-8-17-18(13-15)24-20(25-11-9-16(22)10-12-25)19(23-17)14-5-3-2-4-6-14/h2-8,13,16H,9-12,22H2,1H3. The number of carbonyl (C=O) groups is 1. The van der Waals surface area contributed by atoms with Crippen LogP contribution in [0, 0.1) is 0 Å². The molecule has 1 fully saturated rings. The van der Waals surface area contributed by atoms with Crippen molar-refractivity contribution in [3.05, 3.63) is 54.1 Å². The van der Waals surface area contributed by atoms with Gasteiger partial charge in [0, 0.05) is 24.7 Å². The van der Waals surface area contributed by atoms with Gasteiger partial charge >= 0.3 is 5.97 Å². The molecule has 1 saturated heterocycles. The predicted octanol–water partition coefficient (Wildman–Crippen LogP) is 3.01. The van der Waals surface area contributed by atoms with E-state index in [1.165, 1.54) is 7.11 Å². The van der Waals surface area contributed by atoms with E-state index < -0.39 is 0 Å². The first kappa shape index (κ1) is 17.4. The second-order valence-electron chi connectivity index (χ2n) is 6.78. The van der Waals surface area contributed by atoms with E-state index in [4.69, 9.17) is 20.4 Å². The van der Waals surface area contributed by atoms with Gasteiger partial charge in [-0.2, -0.15) is 0 Å². The average molecular weight is 362 g/mol. The summed E-state index contributed by atoms with van der Waals surface area (Å²) in [5.41, 5.74) is 9.85. The van der Waals surface area contributed by atoms with Crippen LogP contribution in [0.2, 0.25) is 0 Å². The number of hydrogen-bond acceptors (Lipinski definition) is 6. The number of piperidine rings is 1. The van der Waals surface area contributed by atoms with Crippen LogP contribution in [0.5, 0.6) is 0 Å². The molecule has 6 nitrogen and oxygen atoms in total. The summed E-state index contributed by atoms with van der Waals surface area (Å²) in [5, 5.41) is 0. The van der Waals surface area contributed by atoms with E-state index in [1.54, 1.807) is 12.1 Å². The largest absolute Gasteiger partial charge is 0.465 e. The summed E-state index contributed by atoms with van der Waals surface area (Å²) < 4.78 is 4.83. The Morgan fingerprint density at radius 1 is 1.07 bits per heavy atom. The topological polar surface area (TPSA) is 81.3 Å². The zero-order valence-electron chi connectivity index (χ0n) is 15.3. The van der Waals surface area contributed by atoms with Crippen molar-refractivity contribution >= 4 is 22.8 Å². The molecule has 138 valence electrons. The number of benzene rings is 2. The Balaban J connectivity index is 1.86. The molecule has 0 bridgehead atoms. The molecular formula is C21H22N4O2. The molecule has 2 aromatic carbocycles. The van der Waals surface area contributed by atoms with Gasteiger partial charge in [-0.25, -0.2) is 14.8 Å². The molecule has 0 atom stereocenters. The maximum Gasteiger partial charge on any atom is 0.337 e. The number of nitrogens with two attached hydrogens (primary N) is 1. The average Bonchev–Trinajstić information content (AvgIpc) is 2.73. The molecule has 1 aromatic heterocycles. The molecule has 4 rings (SSSR count). The van der Waals surface area contributed by atoms with Crippen LogP contribution in [-0.2, 0) is 4.74 Å². The molecule has 0 unspecified atom stereocenters. The number of ether oxygens (including phenoxy) is 1. The third-order valence-corrected chi connectivity index (χ3v) is 4.95. The molecule has 0 spiro atoms. The third-order valence-electron chi connectivity index (χ3n) is 4.95. The van der Waals surface area contributed by atoms with E-state index in [2.05, 4.69) is 4.90 Å². The first-order valence-electron chi connectivity index (χ1n) is 9.12. The zero-order valence-corrected chi connectivity index (χ0v) is 15.3. The number of rotatable bonds is 3. The van der Waals surface area contributed by atoms with Gasteiger partial charge in [0.2, 0.25) is 0 Å². The lowest BCUT2D eigenvalue weighted by Crippen LogP contribution is -2.40. The fourth-order valence-corrected chi connectivity index (χ4v) is 3.41. The van der Waals surface area contributed by atoms with Crippen molar-refractivity contribution in [1.29, 1.82) is 0 Å². The van der Waals surface area contributed by atoms with E-state index in [0.717, 1.165) is 48.5 Å². The molecule has 27 heavy (non-hydrogen) atoms. The van der Waals surface area contributed by atoms with Gasteiger partial charge in [-0.05, 0) is 31.0 Å². The highest BCUT2D eigenvalue weighted by molar-refractivity contribution is 5.94. The molecule has 0 aliphatic carbocycles. The van der Waals surface area contributed by atoms with Gasteiger partial charge < -0.3 is 15.4 Å². The summed E-state index contributed by atoms with van der Waals surface area (Å²) in [6.07, 6.45) is 1.85. The van der Waals surface area contributed by atoms with Crippen molar-refractivity contribution in [2.75, 3.05) is 25.1 Å². The van der Waals surface area contributed by atoms with Crippen molar-refractivity contribution in [2.45, 2.75) is 18.9 Å². The minimum atomic E-state index is -0.378. The molecule has 0 saturated carbocycles. The highest BCUT2D eigenvalue weighted by Gasteiger charge is 2.22. The van der Waals surface area contributed by atoms with E-state index in [-0.39, 0.29) is 12.0 Å². The normalized spacial score (nSPS) is 15.1. The van der Waals surface area contributed by atoms with Gasteiger partial charge in [-0.3, -0.25) is 0 Å². The van der Waals surface area contributed by atoms with Crippen LogP contribution in [0.15, 0.2) is 48.5 Å². The number of esters is 1. The highest BCUT2D eigenvalue weighted by atomic mass is 16.5. The van der Waals surface area contributed by atoms with Gasteiger partial charge in [0.15, 0.2) is 5.82 Å². The number of carbonyl (C=O) groups excluding carboxylic acids is 1. The first-order valence-corrected chi connectivity index (χ1v) is 9.12. The van der Waals surface area contributed by atoms with Crippen LogP contribution in [0.3, 0.4) is 0 Å². The van der Waals surface area contributed by atoms with E-state index in [0.29, 0.717) is 11.1 Å². The Kier molecular flexibility index (Phi) is 4.73. The molecule has 2 heterocycles. The molecule has 2 N–H and O–H groups in total. The Labute approximate surface area is 158 Å². The molecule has 0 radical (unpaired) electrons. The third kappa shape index (κ3) is 3.48. The Hall–Kier alpha value is -2.99. The smallest absolute Gasteiger partial charge is 0.337 e. The summed E-state index contributed by atoms with van der Waals surface area (Å²) in [7, 11) is 1.37. The summed E-state index contributed by atoms with van der Waals surface area (Å²) in [4.78, 5) is 23.9. The Bertz CT molecular complexity index is 967. The number of methoxy groups -OCH3 is 1. The molecular weight excluding hydrogens is 340 g/mol. The second kappa shape index (κ2) is 7.32. The van der Waals surface area contributed by atoms with E-state index in [1.807, 2.05) is 36.4 Å². The quantitative estimate of drug-likeness (QED) is 0.722. The van der Waals surface area contributed by atoms with E-state index in [9.17, 15) is 4.79 Å². The van der Waals surface area contributed by atoms with Crippen molar-refractivity contribution in [3.8, 4) is 11.3 Å². The molecule has 0 amide bonds. The Morgan fingerprint density at radius 3 is 2.52 bits per heavy atom. The van der Waals surface area contributed by atoms with Crippen molar-refractivity contribution in [1.82, 2.24) is 9.97 Å². The molecule has 6 heteroatoms. The molecule has 1 aliphatic heterocycles. The lowest BCUT2D eigenvalue weighted by Gasteiger charge is -2.32. The number of anilines is 1. The van der Waals surface area contributed by atoms with Crippen molar-refractivity contribution in [3.63, 3.8) is 0 Å². The summed E-state index contributed by atoms with van der Waals surface area (Å²) >= 11 is 0. The predicted molar refractivity (Wildman–Crippen MR) is 106 cm³/mol. The van der Waals surface area contributed by atoms with Crippen LogP contribution >= 0.6 is 0 Å². The van der Waals surface area contributed by atoms with Crippen LogP contribution in [0.25, 0.3) is 22.3 Å². The van der Waals surface area contributed by atoms with Gasteiger partial charge in [0.1, 0.15) is 5.69 Å². The molecule has 1 aliphatic rings. The first-order chi connectivity index (χ1) is 13.2. The van der Waals surface area contributed by atoms with Crippen molar-refractivity contribution < 1.29 is 9.53 Å². The number of hydrogen-bond donors (Lipinski definition) is 1. The maximum atomic E-state index is 11.9. The zero-order chi connectivity index (χ0) is 18.8. The number of aromatic nitrogens is 2. The maximum absolute atomic E-state index is 11.9. The van der Waals surface area contributed by atoms with Crippen LogP contribution < -0.4 is 10.6 Å². The second-order valence-corrected chi connectivity index (χ2v) is 6.78. The fraction of sp³-hybridized carbons (Fsp3) is 0.286. The van der Waals surface area contributed by atoms with Gasteiger partial charge in [-0.1, -0.05) is 30.3 Å². The number of nitrogens with zero attached hydrogens (tertiary/aromatic N) is 3. The fourth-order valence-electron chi connectivity index (χ4n) is 3.41. The van der Waals surface area contributed by atoms with E-state index >= 15 is 0 Å². The van der Waals surface area contributed by atoms with Crippen molar-refractivity contribution in [2.24, 2.45) is 5.73 Å². The Morgan fingerprint density at radius 2 is 1.81 bits per heavy atom. The van der Waals surface area contributed by atoms with Crippen LogP contribution in [0.1, 0.15) is 23.2 Å². The number of fused-ring (bicyclic) bond motifs is 1. The van der Waals surface area contributed by atoms with Gasteiger partial charge in [-0.15, -0.1) is 0 Å². The lowest BCUT2D eigenvalue weighted by atomic mass is 10.0. The minimum Gasteiger partial charge on any atom is -0.465 e. The minimum absolute atomic E-state index is 0.237. The van der Waals surface area contributed by atoms with Gasteiger partial charge in [0.05, 0.1) is 23.7 Å². The summed E-state index contributed by atoms with van der Waals surface area (Å²) in [5.74, 6) is 0.457. The van der Waals surface area contributed by atoms with Crippen LogP contribution in [0.4, 0.5) is 5.82 Å². The monoisotopic (exact) mass is 362 g/mol. The SMILES string of the molecule is COC(=O)c1ccc2nc(-c3ccccc3)c(N3CCC(N)CC3)nc2c1. The highest BCUT2D eigenvalue weighted by Crippen LogP contribution is 2.31. The summed E-state index contributed by atoms with van der Waals surface area (Å²) in [6, 6.07) is 15.6.